The molecule has 0 aliphatic rings. The van der Waals surface area contributed by atoms with E-state index in [0.717, 1.165) is 35.6 Å². The van der Waals surface area contributed by atoms with Gasteiger partial charge in [0.2, 0.25) is 0 Å². The van der Waals surface area contributed by atoms with E-state index in [1.165, 1.54) is 0 Å². The van der Waals surface area contributed by atoms with E-state index in [4.69, 9.17) is 0 Å². The van der Waals surface area contributed by atoms with Crippen LogP contribution in [0.3, 0.4) is 0 Å². The number of fused-ring (bicyclic) bond motifs is 1. The third-order valence-corrected chi connectivity index (χ3v) is 5.60. The van der Waals surface area contributed by atoms with E-state index in [2.05, 4.69) is 68.3 Å². The molecule has 33 heavy (non-hydrogen) atoms. The van der Waals surface area contributed by atoms with Crippen LogP contribution in [0, 0.1) is 13.8 Å². The summed E-state index contributed by atoms with van der Waals surface area (Å²) in [5.41, 5.74) is 6.22. The van der Waals surface area contributed by atoms with Crippen LogP contribution in [0.5, 0.6) is 0 Å². The number of pyridine rings is 2. The number of benzene rings is 1. The number of amides is 1. The van der Waals surface area contributed by atoms with Crippen LogP contribution in [0.15, 0.2) is 48.8 Å². The summed E-state index contributed by atoms with van der Waals surface area (Å²) >= 11 is 0. The minimum absolute atomic E-state index is 0.232. The van der Waals surface area contributed by atoms with E-state index < -0.39 is 0 Å². The van der Waals surface area contributed by atoms with E-state index in [9.17, 15) is 4.79 Å². The van der Waals surface area contributed by atoms with Gasteiger partial charge in [0.1, 0.15) is 5.82 Å². The molecule has 0 bridgehead atoms. The molecule has 8 heteroatoms. The lowest BCUT2D eigenvalue weighted by Crippen LogP contribution is -2.28. The molecule has 2 N–H and O–H groups in total. The first-order valence-corrected chi connectivity index (χ1v) is 10.9. The fourth-order valence-corrected chi connectivity index (χ4v) is 3.61. The maximum atomic E-state index is 13.0. The molecule has 0 aliphatic heterocycles. The average molecular weight is 444 g/mol. The monoisotopic (exact) mass is 443 g/mol. The Morgan fingerprint density at radius 2 is 1.79 bits per heavy atom. The Morgan fingerprint density at radius 3 is 2.48 bits per heavy atom. The third kappa shape index (κ3) is 5.01. The smallest absolute Gasteiger partial charge is 0.258 e. The van der Waals surface area contributed by atoms with Gasteiger partial charge in [-0.05, 0) is 69.9 Å². The highest BCUT2D eigenvalue weighted by atomic mass is 16.1. The number of anilines is 2. The summed E-state index contributed by atoms with van der Waals surface area (Å²) in [6.45, 7) is 5.79. The molecule has 4 aromatic rings. The predicted octanol–water partition coefficient (Wildman–Crippen LogP) is 3.89. The Hall–Kier alpha value is -3.78. The zero-order chi connectivity index (χ0) is 23.5. The Kier molecular flexibility index (Phi) is 6.37. The largest absolute Gasteiger partial charge is 0.373 e. The van der Waals surface area contributed by atoms with Crippen molar-refractivity contribution in [2.24, 2.45) is 0 Å². The number of nitrogens with zero attached hydrogens (tertiary/aromatic N) is 5. The molecule has 1 aromatic carbocycles. The molecule has 0 radical (unpaired) electrons. The number of aryl methyl sites for hydroxylation is 2. The van der Waals surface area contributed by atoms with E-state index in [1.807, 2.05) is 32.0 Å². The highest BCUT2D eigenvalue weighted by molar-refractivity contribution is 6.11. The number of likely N-dealkylation sites (N-methyl/N-ethyl adjacent to an activating group) is 2. The number of hydrogen-bond donors (Lipinski definition) is 2. The van der Waals surface area contributed by atoms with Gasteiger partial charge in [-0.3, -0.25) is 9.78 Å². The lowest BCUT2D eigenvalue weighted by molar-refractivity contribution is 0.102. The highest BCUT2D eigenvalue weighted by Gasteiger charge is 2.16. The molecular formula is C25H29N7O. The summed E-state index contributed by atoms with van der Waals surface area (Å²) in [6, 6.07) is 11.8. The maximum Gasteiger partial charge on any atom is 0.258 e. The van der Waals surface area contributed by atoms with E-state index in [0.29, 0.717) is 28.2 Å². The topological polar surface area (TPSA) is 90.0 Å². The van der Waals surface area contributed by atoms with Gasteiger partial charge in [0.25, 0.3) is 5.91 Å². The van der Waals surface area contributed by atoms with Crippen molar-refractivity contribution in [1.29, 1.82) is 0 Å². The molecule has 8 nitrogen and oxygen atoms in total. The standard InChI is InChI=1S/C25H29N7O/c1-16-14-17(2)27-15-21(16)28-25(33)20-10-11-26-24-22(20)29-23(30-24)18-6-8-19(9-7-18)32(5)13-12-31(3)4/h6-11,14-15H,12-13H2,1-5H3,(H,28,33)(H,26,29,30). The first-order chi connectivity index (χ1) is 15.8. The van der Waals surface area contributed by atoms with E-state index in [-0.39, 0.29) is 5.91 Å². The molecule has 0 atom stereocenters. The van der Waals surface area contributed by atoms with E-state index >= 15 is 0 Å². The quantitative estimate of drug-likeness (QED) is 0.450. The van der Waals surface area contributed by atoms with Crippen molar-refractivity contribution in [3.63, 3.8) is 0 Å². The second kappa shape index (κ2) is 9.38. The minimum atomic E-state index is -0.232. The number of imidazole rings is 1. The third-order valence-electron chi connectivity index (χ3n) is 5.60. The zero-order valence-corrected chi connectivity index (χ0v) is 19.7. The Bertz CT molecular complexity index is 1280. The van der Waals surface area contributed by atoms with Gasteiger partial charge in [-0.15, -0.1) is 0 Å². The molecule has 0 spiro atoms. The summed E-state index contributed by atoms with van der Waals surface area (Å²) in [7, 11) is 6.22. The van der Waals surface area contributed by atoms with Gasteiger partial charge in [0.15, 0.2) is 5.65 Å². The summed E-state index contributed by atoms with van der Waals surface area (Å²) < 4.78 is 0. The van der Waals surface area contributed by atoms with Crippen molar-refractivity contribution in [1.82, 2.24) is 24.8 Å². The van der Waals surface area contributed by atoms with Gasteiger partial charge < -0.3 is 20.1 Å². The number of nitrogens with one attached hydrogen (secondary N) is 2. The maximum absolute atomic E-state index is 13.0. The van der Waals surface area contributed by atoms with Gasteiger partial charge in [0.05, 0.1) is 23.0 Å². The van der Waals surface area contributed by atoms with Gasteiger partial charge >= 0.3 is 0 Å². The molecule has 0 unspecified atom stereocenters. The fourth-order valence-electron chi connectivity index (χ4n) is 3.61. The van der Waals surface area contributed by atoms with Crippen LogP contribution in [0.2, 0.25) is 0 Å². The molecular weight excluding hydrogens is 414 g/mol. The van der Waals surface area contributed by atoms with Crippen LogP contribution in [-0.2, 0) is 0 Å². The number of hydrogen-bond acceptors (Lipinski definition) is 6. The number of aromatic amines is 1. The molecule has 3 heterocycles. The predicted molar refractivity (Wildman–Crippen MR) is 133 cm³/mol. The molecule has 0 saturated heterocycles. The molecule has 170 valence electrons. The lowest BCUT2D eigenvalue weighted by atomic mass is 10.2. The minimum Gasteiger partial charge on any atom is -0.373 e. The molecule has 1 amide bonds. The number of carbonyl (C=O) groups excluding carboxylic acids is 1. The molecule has 3 aromatic heterocycles. The van der Waals surface area contributed by atoms with Gasteiger partial charge in [0, 0.05) is 43.3 Å². The fraction of sp³-hybridized carbons (Fsp3) is 0.280. The normalized spacial score (nSPS) is 11.2. The average Bonchev–Trinajstić information content (AvgIpc) is 3.23. The van der Waals surface area contributed by atoms with Crippen LogP contribution in [0.4, 0.5) is 11.4 Å². The van der Waals surface area contributed by atoms with Crippen LogP contribution in [0.1, 0.15) is 21.6 Å². The van der Waals surface area contributed by atoms with Crippen molar-refractivity contribution in [3.8, 4) is 11.4 Å². The summed E-state index contributed by atoms with van der Waals surface area (Å²) in [4.78, 5) is 33.9. The second-order valence-corrected chi connectivity index (χ2v) is 8.51. The van der Waals surface area contributed by atoms with Crippen molar-refractivity contribution in [3.05, 3.63) is 65.6 Å². The number of aromatic nitrogens is 4. The Balaban J connectivity index is 1.57. The molecule has 4 rings (SSSR count). The Morgan fingerprint density at radius 1 is 1.03 bits per heavy atom. The first-order valence-electron chi connectivity index (χ1n) is 10.9. The van der Waals surface area contributed by atoms with Crippen molar-refractivity contribution in [2.45, 2.75) is 13.8 Å². The van der Waals surface area contributed by atoms with Gasteiger partial charge in [-0.25, -0.2) is 9.97 Å². The SMILES string of the molecule is Cc1cc(C)c(NC(=O)c2ccnc3nc(-c4ccc(N(C)CCN(C)C)cc4)[nH]c23)cn1. The summed E-state index contributed by atoms with van der Waals surface area (Å²) in [5.74, 6) is 0.442. The zero-order valence-electron chi connectivity index (χ0n) is 19.7. The van der Waals surface area contributed by atoms with Gasteiger partial charge in [-0.1, -0.05) is 0 Å². The van der Waals surface area contributed by atoms with Crippen LogP contribution in [-0.4, -0.2) is 65.0 Å². The molecule has 0 aliphatic carbocycles. The van der Waals surface area contributed by atoms with Crippen molar-refractivity contribution in [2.75, 3.05) is 44.4 Å². The molecule has 0 saturated carbocycles. The lowest BCUT2D eigenvalue weighted by Gasteiger charge is -2.21. The van der Waals surface area contributed by atoms with E-state index in [1.54, 1.807) is 18.5 Å². The van der Waals surface area contributed by atoms with Crippen molar-refractivity contribution >= 4 is 28.4 Å². The number of carbonyl (C=O) groups is 1. The van der Waals surface area contributed by atoms with Crippen LogP contribution < -0.4 is 10.2 Å². The van der Waals surface area contributed by atoms with Crippen LogP contribution >= 0.6 is 0 Å². The second-order valence-electron chi connectivity index (χ2n) is 8.51. The molecule has 0 fully saturated rings. The Labute approximate surface area is 193 Å². The number of H-pyrrole nitrogens is 1. The highest BCUT2D eigenvalue weighted by Crippen LogP contribution is 2.25. The first kappa shape index (κ1) is 22.4. The van der Waals surface area contributed by atoms with Crippen LogP contribution in [0.25, 0.3) is 22.6 Å². The number of rotatable bonds is 7. The van der Waals surface area contributed by atoms with Crippen molar-refractivity contribution < 1.29 is 4.79 Å². The van der Waals surface area contributed by atoms with Gasteiger partial charge in [-0.2, -0.15) is 0 Å². The summed E-state index contributed by atoms with van der Waals surface area (Å²) in [6.07, 6.45) is 3.28. The summed E-state index contributed by atoms with van der Waals surface area (Å²) in [5, 5.41) is 2.95.